The van der Waals surface area contributed by atoms with Crippen molar-refractivity contribution < 1.29 is 14.6 Å². The average Bonchev–Trinajstić information content (AvgIpc) is 2.48. The summed E-state index contributed by atoms with van der Waals surface area (Å²) in [6.45, 7) is 4.28. The van der Waals surface area contributed by atoms with E-state index in [2.05, 4.69) is 13.8 Å². The van der Waals surface area contributed by atoms with Crippen LogP contribution in [0.4, 0.5) is 0 Å². The SMILES string of the molecule is CC(C)(CCCC(=O)Oc1ccccc1)c1ccc(O)cc1. The highest BCUT2D eigenvalue weighted by molar-refractivity contribution is 5.72. The minimum Gasteiger partial charge on any atom is -0.508 e. The fourth-order valence-corrected chi connectivity index (χ4v) is 2.40. The summed E-state index contributed by atoms with van der Waals surface area (Å²) in [5.74, 6) is 0.656. The zero-order valence-electron chi connectivity index (χ0n) is 13.1. The van der Waals surface area contributed by atoms with Crippen molar-refractivity contribution >= 4 is 5.97 Å². The van der Waals surface area contributed by atoms with Gasteiger partial charge in [-0.15, -0.1) is 0 Å². The molecule has 0 saturated heterocycles. The third kappa shape index (κ3) is 4.62. The molecule has 0 aromatic heterocycles. The lowest BCUT2D eigenvalue weighted by atomic mass is 9.80. The summed E-state index contributed by atoms with van der Waals surface area (Å²) in [4.78, 5) is 11.8. The van der Waals surface area contributed by atoms with Crippen molar-refractivity contribution in [2.75, 3.05) is 0 Å². The van der Waals surface area contributed by atoms with Gasteiger partial charge in [-0.2, -0.15) is 0 Å². The lowest BCUT2D eigenvalue weighted by Gasteiger charge is -2.25. The van der Waals surface area contributed by atoms with Crippen molar-refractivity contribution in [2.45, 2.75) is 38.5 Å². The minimum atomic E-state index is -0.201. The molecule has 3 heteroatoms. The normalized spacial score (nSPS) is 11.2. The van der Waals surface area contributed by atoms with Gasteiger partial charge in [-0.25, -0.2) is 0 Å². The maximum atomic E-state index is 11.8. The Morgan fingerprint density at radius 1 is 1.05 bits per heavy atom. The first-order valence-electron chi connectivity index (χ1n) is 7.53. The van der Waals surface area contributed by atoms with E-state index in [0.717, 1.165) is 18.4 Å². The van der Waals surface area contributed by atoms with Gasteiger partial charge in [-0.05, 0) is 48.1 Å². The minimum absolute atomic E-state index is 0.0409. The van der Waals surface area contributed by atoms with Crippen molar-refractivity contribution in [1.29, 1.82) is 0 Å². The molecule has 2 aromatic rings. The van der Waals surface area contributed by atoms with Crippen LogP contribution in [0.3, 0.4) is 0 Å². The largest absolute Gasteiger partial charge is 0.508 e. The highest BCUT2D eigenvalue weighted by atomic mass is 16.5. The first kappa shape index (κ1) is 16.1. The summed E-state index contributed by atoms with van der Waals surface area (Å²) in [5, 5.41) is 9.35. The molecule has 0 heterocycles. The Balaban J connectivity index is 1.82. The first-order valence-corrected chi connectivity index (χ1v) is 7.53. The number of phenols is 1. The second-order valence-corrected chi connectivity index (χ2v) is 6.07. The van der Waals surface area contributed by atoms with Crippen LogP contribution in [0, 0.1) is 0 Å². The van der Waals surface area contributed by atoms with E-state index in [4.69, 9.17) is 4.74 Å². The van der Waals surface area contributed by atoms with Crippen LogP contribution in [-0.4, -0.2) is 11.1 Å². The number of ether oxygens (including phenoxy) is 1. The molecule has 3 nitrogen and oxygen atoms in total. The second kappa shape index (κ2) is 7.12. The van der Waals surface area contributed by atoms with Crippen LogP contribution in [0.5, 0.6) is 11.5 Å². The van der Waals surface area contributed by atoms with Crippen molar-refractivity contribution in [2.24, 2.45) is 0 Å². The molecule has 2 aromatic carbocycles. The first-order chi connectivity index (χ1) is 10.5. The highest BCUT2D eigenvalue weighted by Crippen LogP contribution is 2.30. The molecule has 0 aliphatic carbocycles. The number of carbonyl (C=O) groups excluding carboxylic acids is 1. The zero-order chi connectivity index (χ0) is 16.0. The van der Waals surface area contributed by atoms with E-state index < -0.39 is 0 Å². The van der Waals surface area contributed by atoms with Crippen molar-refractivity contribution in [3.8, 4) is 11.5 Å². The Bertz CT molecular complexity index is 600. The van der Waals surface area contributed by atoms with Gasteiger partial charge in [0.1, 0.15) is 11.5 Å². The standard InChI is InChI=1S/C19H22O3/c1-19(2,15-10-12-16(20)13-11-15)14-6-9-18(21)22-17-7-4-3-5-8-17/h3-5,7-8,10-13,20H,6,9,14H2,1-2H3. The topological polar surface area (TPSA) is 46.5 Å². The third-order valence-electron chi connectivity index (χ3n) is 3.81. The maximum Gasteiger partial charge on any atom is 0.311 e. The molecule has 22 heavy (non-hydrogen) atoms. The van der Waals surface area contributed by atoms with Gasteiger partial charge >= 0.3 is 5.97 Å². The van der Waals surface area contributed by atoms with Gasteiger partial charge in [0.2, 0.25) is 0 Å². The molecule has 0 aliphatic rings. The third-order valence-corrected chi connectivity index (χ3v) is 3.81. The fourth-order valence-electron chi connectivity index (χ4n) is 2.40. The number of rotatable bonds is 6. The molecule has 116 valence electrons. The number of benzene rings is 2. The Labute approximate surface area is 131 Å². The Hall–Kier alpha value is -2.29. The van der Waals surface area contributed by atoms with Gasteiger partial charge < -0.3 is 9.84 Å². The molecule has 0 spiro atoms. The number of phenolic OH excluding ortho intramolecular Hbond substituents is 1. The van der Waals surface area contributed by atoms with E-state index in [1.165, 1.54) is 0 Å². The number of carbonyl (C=O) groups is 1. The number of esters is 1. The van der Waals surface area contributed by atoms with Crippen LogP contribution in [0.15, 0.2) is 54.6 Å². The Morgan fingerprint density at radius 2 is 1.68 bits per heavy atom. The summed E-state index contributed by atoms with van der Waals surface area (Å²) in [6, 6.07) is 16.4. The van der Waals surface area contributed by atoms with Crippen LogP contribution < -0.4 is 4.74 Å². The lowest BCUT2D eigenvalue weighted by Crippen LogP contribution is -2.18. The predicted molar refractivity (Wildman–Crippen MR) is 87.1 cm³/mol. The number of hydrogen-bond acceptors (Lipinski definition) is 3. The number of para-hydroxylation sites is 1. The molecule has 0 bridgehead atoms. The molecule has 2 rings (SSSR count). The van der Waals surface area contributed by atoms with Crippen molar-refractivity contribution in [3.63, 3.8) is 0 Å². The van der Waals surface area contributed by atoms with E-state index in [1.807, 2.05) is 30.3 Å². The zero-order valence-corrected chi connectivity index (χ0v) is 13.1. The lowest BCUT2D eigenvalue weighted by molar-refractivity contribution is -0.134. The van der Waals surface area contributed by atoms with E-state index in [0.29, 0.717) is 12.2 Å². The quantitative estimate of drug-likeness (QED) is 0.633. The van der Waals surface area contributed by atoms with Crippen LogP contribution in [0.25, 0.3) is 0 Å². The second-order valence-electron chi connectivity index (χ2n) is 6.07. The van der Waals surface area contributed by atoms with Crippen LogP contribution >= 0.6 is 0 Å². The summed E-state index contributed by atoms with van der Waals surface area (Å²) in [6.07, 6.45) is 2.04. The maximum absolute atomic E-state index is 11.8. The predicted octanol–water partition coefficient (Wildman–Crippen LogP) is 4.45. The van der Waals surface area contributed by atoms with Crippen LogP contribution in [-0.2, 0) is 10.2 Å². The average molecular weight is 298 g/mol. The van der Waals surface area contributed by atoms with Crippen molar-refractivity contribution in [3.05, 3.63) is 60.2 Å². The molecule has 0 atom stereocenters. The Kier molecular flexibility index (Phi) is 5.21. The fraction of sp³-hybridized carbons (Fsp3) is 0.316. The molecule has 0 radical (unpaired) electrons. The molecule has 1 N–H and O–H groups in total. The molecule has 0 aliphatic heterocycles. The summed E-state index contributed by atoms with van der Waals surface area (Å²) in [5.41, 5.74) is 1.11. The van der Waals surface area contributed by atoms with Gasteiger partial charge in [0.15, 0.2) is 0 Å². The van der Waals surface area contributed by atoms with Gasteiger partial charge in [-0.3, -0.25) is 4.79 Å². The van der Waals surface area contributed by atoms with Gasteiger partial charge in [0.25, 0.3) is 0 Å². The summed E-state index contributed by atoms with van der Waals surface area (Å²) >= 11 is 0. The van der Waals surface area contributed by atoms with Crippen LogP contribution in [0.2, 0.25) is 0 Å². The number of aromatic hydroxyl groups is 1. The molecule has 0 fully saturated rings. The monoisotopic (exact) mass is 298 g/mol. The number of hydrogen-bond donors (Lipinski definition) is 1. The van der Waals surface area contributed by atoms with Crippen LogP contribution in [0.1, 0.15) is 38.7 Å². The van der Waals surface area contributed by atoms with Gasteiger partial charge in [0, 0.05) is 6.42 Å². The van der Waals surface area contributed by atoms with E-state index in [1.54, 1.807) is 24.3 Å². The van der Waals surface area contributed by atoms with Gasteiger partial charge in [0.05, 0.1) is 0 Å². The summed E-state index contributed by atoms with van der Waals surface area (Å²) in [7, 11) is 0. The smallest absolute Gasteiger partial charge is 0.311 e. The van der Waals surface area contributed by atoms with E-state index >= 15 is 0 Å². The highest BCUT2D eigenvalue weighted by Gasteiger charge is 2.20. The molecule has 0 saturated carbocycles. The van der Waals surface area contributed by atoms with E-state index in [9.17, 15) is 9.90 Å². The van der Waals surface area contributed by atoms with Crippen molar-refractivity contribution in [1.82, 2.24) is 0 Å². The van der Waals surface area contributed by atoms with E-state index in [-0.39, 0.29) is 17.1 Å². The molecular formula is C19H22O3. The van der Waals surface area contributed by atoms with Gasteiger partial charge in [-0.1, -0.05) is 44.2 Å². The summed E-state index contributed by atoms with van der Waals surface area (Å²) < 4.78 is 5.28. The molecular weight excluding hydrogens is 276 g/mol. The Morgan fingerprint density at radius 3 is 2.32 bits per heavy atom. The molecule has 0 amide bonds. The molecule has 0 unspecified atom stereocenters.